The predicted molar refractivity (Wildman–Crippen MR) is 120 cm³/mol. The van der Waals surface area contributed by atoms with E-state index in [9.17, 15) is 14.4 Å². The lowest BCUT2D eigenvalue weighted by molar-refractivity contribution is -0.116. The lowest BCUT2D eigenvalue weighted by atomic mass is 10.1. The van der Waals surface area contributed by atoms with Crippen LogP contribution in [-0.2, 0) is 11.2 Å². The van der Waals surface area contributed by atoms with Crippen molar-refractivity contribution in [3.05, 3.63) is 82.0 Å². The van der Waals surface area contributed by atoms with Gasteiger partial charge in [-0.25, -0.2) is 0 Å². The third-order valence-corrected chi connectivity index (χ3v) is 5.27. The van der Waals surface area contributed by atoms with Gasteiger partial charge in [-0.15, -0.1) is 0 Å². The van der Waals surface area contributed by atoms with Gasteiger partial charge < -0.3 is 15.5 Å². The summed E-state index contributed by atoms with van der Waals surface area (Å²) < 4.78 is 0. The topological polar surface area (TPSA) is 78.5 Å². The van der Waals surface area contributed by atoms with E-state index >= 15 is 0 Å². The second-order valence-electron chi connectivity index (χ2n) is 6.73. The van der Waals surface area contributed by atoms with E-state index in [1.54, 1.807) is 42.8 Å². The number of likely N-dealkylation sites (N-methyl/N-ethyl adjacent to an activating group) is 1. The van der Waals surface area contributed by atoms with E-state index in [4.69, 9.17) is 0 Å². The summed E-state index contributed by atoms with van der Waals surface area (Å²) in [6, 6.07) is 16.1. The molecular weight excluding hydrogens is 398 g/mol. The molecule has 1 heterocycles. The molecule has 0 bridgehead atoms. The molecule has 2 aromatic carbocycles. The zero-order chi connectivity index (χ0) is 21.5. The molecule has 3 amide bonds. The average Bonchev–Trinajstić information content (AvgIpc) is 3.29. The van der Waals surface area contributed by atoms with E-state index in [0.717, 1.165) is 17.7 Å². The normalized spacial score (nSPS) is 10.3. The highest BCUT2D eigenvalue weighted by Crippen LogP contribution is 2.19. The molecule has 0 aliphatic carbocycles. The molecule has 154 valence electrons. The molecular formula is C23H23N3O3S. The molecule has 0 aliphatic heterocycles. The van der Waals surface area contributed by atoms with Crippen LogP contribution in [0.1, 0.15) is 33.2 Å². The number of aryl methyl sites for hydroxylation is 1. The smallest absolute Gasteiger partial charge is 0.256 e. The molecule has 0 atom stereocenters. The van der Waals surface area contributed by atoms with Crippen LogP contribution in [-0.4, -0.2) is 36.2 Å². The molecule has 30 heavy (non-hydrogen) atoms. The number of hydrogen-bond donors (Lipinski definition) is 2. The number of anilines is 2. The van der Waals surface area contributed by atoms with Crippen LogP contribution in [0.4, 0.5) is 11.4 Å². The monoisotopic (exact) mass is 421 g/mol. The number of carbonyl (C=O) groups is 3. The van der Waals surface area contributed by atoms with Gasteiger partial charge in [0.1, 0.15) is 0 Å². The molecule has 6 nitrogen and oxygen atoms in total. The highest BCUT2D eigenvalue weighted by molar-refractivity contribution is 7.08. The summed E-state index contributed by atoms with van der Waals surface area (Å²) in [6.07, 6.45) is 0.794. The Morgan fingerprint density at radius 3 is 2.33 bits per heavy atom. The largest absolute Gasteiger partial charge is 0.332 e. The standard InChI is InChI=1S/C23H23N3O3S/c1-3-16-8-4-6-10-19(16)24-21(27)14-26(2)23(29)18-9-5-7-11-20(18)25-22(28)17-12-13-30-15-17/h4-13,15H,3,14H2,1-2H3,(H,24,27)(H,25,28). The van der Waals surface area contributed by atoms with Gasteiger partial charge in [-0.2, -0.15) is 11.3 Å². The van der Waals surface area contributed by atoms with Gasteiger partial charge in [-0.3, -0.25) is 14.4 Å². The number of amides is 3. The molecule has 0 aliphatic rings. The second kappa shape index (κ2) is 9.84. The van der Waals surface area contributed by atoms with Gasteiger partial charge in [0.2, 0.25) is 5.91 Å². The molecule has 3 rings (SSSR count). The molecule has 0 fully saturated rings. The summed E-state index contributed by atoms with van der Waals surface area (Å²) in [5, 5.41) is 9.19. The summed E-state index contributed by atoms with van der Waals surface area (Å²) in [5.41, 5.74) is 3.03. The fraction of sp³-hybridized carbons (Fsp3) is 0.174. The Balaban J connectivity index is 1.68. The van der Waals surface area contributed by atoms with Crippen molar-refractivity contribution in [1.29, 1.82) is 0 Å². The fourth-order valence-corrected chi connectivity index (χ4v) is 3.64. The van der Waals surface area contributed by atoms with E-state index in [1.807, 2.05) is 36.6 Å². The van der Waals surface area contributed by atoms with E-state index in [2.05, 4.69) is 10.6 Å². The Kier molecular flexibility index (Phi) is 6.98. The molecule has 0 radical (unpaired) electrons. The second-order valence-corrected chi connectivity index (χ2v) is 7.51. The molecule has 0 saturated carbocycles. The Morgan fingerprint density at radius 2 is 1.63 bits per heavy atom. The van der Waals surface area contributed by atoms with Crippen molar-refractivity contribution in [2.45, 2.75) is 13.3 Å². The van der Waals surface area contributed by atoms with E-state index in [1.165, 1.54) is 16.2 Å². The minimum absolute atomic E-state index is 0.107. The summed E-state index contributed by atoms with van der Waals surface area (Å²) in [5.74, 6) is -0.922. The number of nitrogens with one attached hydrogen (secondary N) is 2. The zero-order valence-electron chi connectivity index (χ0n) is 16.8. The van der Waals surface area contributed by atoms with Crippen molar-refractivity contribution in [3.63, 3.8) is 0 Å². The van der Waals surface area contributed by atoms with Gasteiger partial charge in [0, 0.05) is 18.1 Å². The van der Waals surface area contributed by atoms with Gasteiger partial charge >= 0.3 is 0 Å². The van der Waals surface area contributed by atoms with E-state index in [-0.39, 0.29) is 24.3 Å². The first-order chi connectivity index (χ1) is 14.5. The van der Waals surface area contributed by atoms with E-state index < -0.39 is 0 Å². The van der Waals surface area contributed by atoms with Gasteiger partial charge in [0.25, 0.3) is 11.8 Å². The first-order valence-corrected chi connectivity index (χ1v) is 10.5. The number of hydrogen-bond acceptors (Lipinski definition) is 4. The van der Waals surface area contributed by atoms with Crippen molar-refractivity contribution in [2.75, 3.05) is 24.2 Å². The maximum absolute atomic E-state index is 12.9. The van der Waals surface area contributed by atoms with Crippen LogP contribution in [0, 0.1) is 0 Å². The lowest BCUT2D eigenvalue weighted by Gasteiger charge is -2.19. The van der Waals surface area contributed by atoms with Crippen LogP contribution in [0.15, 0.2) is 65.4 Å². The fourth-order valence-electron chi connectivity index (χ4n) is 3.00. The summed E-state index contributed by atoms with van der Waals surface area (Å²) in [4.78, 5) is 39.1. The van der Waals surface area contributed by atoms with Crippen LogP contribution >= 0.6 is 11.3 Å². The number of thiophene rings is 1. The molecule has 3 aromatic rings. The summed E-state index contributed by atoms with van der Waals surface area (Å²) in [7, 11) is 1.56. The Bertz CT molecular complexity index is 1050. The molecule has 2 N–H and O–H groups in total. The van der Waals surface area contributed by atoms with Crippen LogP contribution in [0.3, 0.4) is 0 Å². The van der Waals surface area contributed by atoms with Crippen molar-refractivity contribution < 1.29 is 14.4 Å². The summed E-state index contributed by atoms with van der Waals surface area (Å²) in [6.45, 7) is 1.91. The predicted octanol–water partition coefficient (Wildman–Crippen LogP) is 4.27. The maximum Gasteiger partial charge on any atom is 0.256 e. The Labute approximate surface area is 179 Å². The molecule has 0 saturated heterocycles. The minimum atomic E-state index is -0.352. The third-order valence-electron chi connectivity index (χ3n) is 4.59. The summed E-state index contributed by atoms with van der Waals surface area (Å²) >= 11 is 1.42. The number of benzene rings is 2. The zero-order valence-corrected chi connectivity index (χ0v) is 17.7. The molecule has 7 heteroatoms. The van der Waals surface area contributed by atoms with Crippen molar-refractivity contribution in [2.24, 2.45) is 0 Å². The SMILES string of the molecule is CCc1ccccc1NC(=O)CN(C)C(=O)c1ccccc1NC(=O)c1ccsc1. The Hall–Kier alpha value is -3.45. The highest BCUT2D eigenvalue weighted by Gasteiger charge is 2.19. The number of para-hydroxylation sites is 2. The first-order valence-electron chi connectivity index (χ1n) is 9.55. The highest BCUT2D eigenvalue weighted by atomic mass is 32.1. The van der Waals surface area contributed by atoms with E-state index in [0.29, 0.717) is 16.8 Å². The molecule has 1 aromatic heterocycles. The van der Waals surface area contributed by atoms with Crippen molar-refractivity contribution in [1.82, 2.24) is 4.90 Å². The van der Waals surface area contributed by atoms with Gasteiger partial charge in [0.05, 0.1) is 23.4 Å². The van der Waals surface area contributed by atoms with Gasteiger partial charge in [-0.1, -0.05) is 37.3 Å². The lowest BCUT2D eigenvalue weighted by Crippen LogP contribution is -2.35. The van der Waals surface area contributed by atoms with Crippen LogP contribution in [0.2, 0.25) is 0 Å². The van der Waals surface area contributed by atoms with Crippen LogP contribution in [0.5, 0.6) is 0 Å². The Morgan fingerprint density at radius 1 is 0.933 bits per heavy atom. The van der Waals surface area contributed by atoms with Crippen LogP contribution in [0.25, 0.3) is 0 Å². The number of carbonyl (C=O) groups excluding carboxylic acids is 3. The van der Waals surface area contributed by atoms with Crippen molar-refractivity contribution >= 4 is 40.4 Å². The average molecular weight is 422 g/mol. The van der Waals surface area contributed by atoms with Crippen LogP contribution < -0.4 is 10.6 Å². The maximum atomic E-state index is 12.9. The number of rotatable bonds is 7. The quantitative estimate of drug-likeness (QED) is 0.598. The molecule has 0 spiro atoms. The van der Waals surface area contributed by atoms with Gasteiger partial charge in [0.15, 0.2) is 0 Å². The minimum Gasteiger partial charge on any atom is -0.332 e. The third kappa shape index (κ3) is 5.12. The number of nitrogens with zero attached hydrogens (tertiary/aromatic N) is 1. The van der Waals surface area contributed by atoms with Crippen molar-refractivity contribution in [3.8, 4) is 0 Å². The molecule has 0 unspecified atom stereocenters. The van der Waals surface area contributed by atoms with Gasteiger partial charge in [-0.05, 0) is 41.6 Å². The first kappa shape index (κ1) is 21.3.